The van der Waals surface area contributed by atoms with Crippen LogP contribution >= 0.6 is 7.82 Å². The predicted octanol–water partition coefficient (Wildman–Crippen LogP) is -5.77. The van der Waals surface area contributed by atoms with Crippen LogP contribution in [0.15, 0.2) is 42.5 Å². The molecule has 18 heavy (non-hydrogen) atoms. The molecule has 0 aliphatic rings. The van der Waals surface area contributed by atoms with Crippen LogP contribution in [0.4, 0.5) is 0 Å². The Kier molecular flexibility index (Phi) is 10.1. The van der Waals surface area contributed by atoms with Gasteiger partial charge in [0.25, 0.3) is 0 Å². The van der Waals surface area contributed by atoms with E-state index in [9.17, 15) is 14.4 Å². The van der Waals surface area contributed by atoms with Crippen LogP contribution in [0.1, 0.15) is 0 Å². The monoisotopic (exact) mass is 286 g/mol. The molecule has 0 unspecified atom stereocenters. The van der Waals surface area contributed by atoms with Crippen LogP contribution in [-0.4, -0.2) is 5.48 Å². The molecule has 5 nitrogen and oxygen atoms in total. The van der Waals surface area contributed by atoms with Gasteiger partial charge >= 0.3 is 59.1 Å². The normalized spacial score (nSPS) is 9.67. The van der Waals surface area contributed by atoms with Crippen LogP contribution in [0.25, 0.3) is 10.8 Å². The Morgan fingerprint density at radius 1 is 0.944 bits per heavy atom. The van der Waals surface area contributed by atoms with E-state index in [4.69, 9.17) is 0 Å². The number of hydrogen-bond acceptors (Lipinski definition) is 4. The fraction of sp³-hybridized carbons (Fsp3) is 0. The quantitative estimate of drug-likeness (QED) is 0.405. The van der Waals surface area contributed by atoms with Crippen LogP contribution in [-0.2, 0) is 4.57 Å². The second-order valence-electron chi connectivity index (χ2n) is 3.02. The third-order valence-corrected chi connectivity index (χ3v) is 2.38. The van der Waals surface area contributed by atoms with Gasteiger partial charge in [0.2, 0.25) is 0 Å². The Hall–Kier alpha value is 0.610. The van der Waals surface area contributed by atoms with Gasteiger partial charge in [-0.3, -0.25) is 0 Å². The van der Waals surface area contributed by atoms with E-state index < -0.39 is 7.82 Å². The van der Waals surface area contributed by atoms with Gasteiger partial charge in [-0.2, -0.15) is 0 Å². The third kappa shape index (κ3) is 5.72. The zero-order valence-corrected chi connectivity index (χ0v) is 15.0. The number of fused-ring (bicyclic) bond motifs is 1. The summed E-state index contributed by atoms with van der Waals surface area (Å²) >= 11 is 0. The third-order valence-electron chi connectivity index (χ3n) is 1.96. The molecule has 0 fully saturated rings. The van der Waals surface area contributed by atoms with E-state index in [-0.39, 0.29) is 70.3 Å². The van der Waals surface area contributed by atoms with Crippen molar-refractivity contribution in [3.05, 3.63) is 42.5 Å². The number of benzene rings is 2. The van der Waals surface area contributed by atoms with Gasteiger partial charge in [0.15, 0.2) is 0 Å². The molecule has 2 N–H and O–H groups in total. The zero-order chi connectivity index (χ0) is 10.9. The molecule has 0 heterocycles. The van der Waals surface area contributed by atoms with E-state index in [2.05, 4.69) is 4.52 Å². The molecule has 86 valence electrons. The minimum Gasteiger partial charge on any atom is -0.780 e. The fourth-order valence-corrected chi connectivity index (χ4v) is 1.80. The molecule has 2 aromatic carbocycles. The first kappa shape index (κ1) is 20.9. The van der Waals surface area contributed by atoms with Gasteiger partial charge in [-0.1, -0.05) is 36.4 Å². The van der Waals surface area contributed by atoms with Crippen molar-refractivity contribution in [2.75, 3.05) is 0 Å². The molecule has 0 aliphatic carbocycles. The van der Waals surface area contributed by atoms with Crippen molar-refractivity contribution in [3.8, 4) is 5.75 Å². The number of phosphoric acid groups is 1. The molecule has 0 amide bonds. The average Bonchev–Trinajstić information content (AvgIpc) is 2.16. The SMILES string of the molecule is O.O=P([O-])([O-])Oc1cccc2ccccc12.[Na+].[Na+]. The minimum atomic E-state index is -4.99. The van der Waals surface area contributed by atoms with Crippen molar-refractivity contribution >= 4 is 18.6 Å². The number of rotatable bonds is 2. The molecule has 0 atom stereocenters. The van der Waals surface area contributed by atoms with Gasteiger partial charge in [-0.05, 0) is 11.5 Å². The molecule has 0 aliphatic heterocycles. The molecule has 8 heteroatoms. The van der Waals surface area contributed by atoms with Crippen molar-refractivity contribution in [2.45, 2.75) is 0 Å². The Morgan fingerprint density at radius 2 is 1.50 bits per heavy atom. The Labute approximate surface area is 149 Å². The molecule has 2 aromatic rings. The van der Waals surface area contributed by atoms with E-state index in [0.717, 1.165) is 5.39 Å². The summed E-state index contributed by atoms with van der Waals surface area (Å²) in [5.41, 5.74) is 0. The largest absolute Gasteiger partial charge is 1.00 e. The van der Waals surface area contributed by atoms with E-state index in [1.165, 1.54) is 6.07 Å². The summed E-state index contributed by atoms with van der Waals surface area (Å²) in [6.45, 7) is 0. The second-order valence-corrected chi connectivity index (χ2v) is 4.09. The summed E-state index contributed by atoms with van der Waals surface area (Å²) in [7, 11) is -4.99. The Morgan fingerprint density at radius 3 is 2.11 bits per heavy atom. The summed E-state index contributed by atoms with van der Waals surface area (Å²) in [5.74, 6) is 0.0708. The van der Waals surface area contributed by atoms with Crippen molar-refractivity contribution < 1.29 is 83.5 Å². The van der Waals surface area contributed by atoms with Crippen molar-refractivity contribution in [1.29, 1.82) is 0 Å². The Bertz CT molecular complexity index is 537. The van der Waals surface area contributed by atoms with Crippen LogP contribution in [0.2, 0.25) is 0 Å². The maximum Gasteiger partial charge on any atom is 1.00 e. The summed E-state index contributed by atoms with van der Waals surface area (Å²) in [4.78, 5) is 21.0. The molecule has 0 bridgehead atoms. The summed E-state index contributed by atoms with van der Waals surface area (Å²) < 4.78 is 14.9. The van der Waals surface area contributed by atoms with E-state index in [0.29, 0.717) is 5.39 Å². The van der Waals surface area contributed by atoms with Crippen molar-refractivity contribution in [2.24, 2.45) is 0 Å². The van der Waals surface area contributed by atoms with Crippen LogP contribution in [0, 0.1) is 0 Å². The van der Waals surface area contributed by atoms with Crippen LogP contribution < -0.4 is 73.4 Å². The molecule has 2 rings (SSSR count). The summed E-state index contributed by atoms with van der Waals surface area (Å²) in [6.07, 6.45) is 0. The topological polar surface area (TPSA) is 104 Å². The maximum atomic E-state index is 10.5. The fourth-order valence-electron chi connectivity index (χ4n) is 1.40. The van der Waals surface area contributed by atoms with Crippen LogP contribution in [0.3, 0.4) is 0 Å². The minimum absolute atomic E-state index is 0. The Balaban J connectivity index is 0. The maximum absolute atomic E-state index is 10.5. The zero-order valence-electron chi connectivity index (χ0n) is 10.1. The van der Waals surface area contributed by atoms with Crippen LogP contribution in [0.5, 0.6) is 5.75 Å². The van der Waals surface area contributed by atoms with E-state index >= 15 is 0 Å². The first-order valence-corrected chi connectivity index (χ1v) is 5.72. The summed E-state index contributed by atoms with van der Waals surface area (Å²) in [5, 5.41) is 1.43. The van der Waals surface area contributed by atoms with E-state index in [1.807, 2.05) is 18.2 Å². The van der Waals surface area contributed by atoms with Gasteiger partial charge < -0.3 is 24.4 Å². The second kappa shape index (κ2) is 8.72. The van der Waals surface area contributed by atoms with E-state index in [1.54, 1.807) is 18.2 Å². The summed E-state index contributed by atoms with van der Waals surface area (Å²) in [6, 6.07) is 12.0. The predicted molar refractivity (Wildman–Crippen MR) is 55.8 cm³/mol. The first-order valence-electron chi connectivity index (χ1n) is 4.26. The molecular formula is C10H9Na2O5P. The van der Waals surface area contributed by atoms with Crippen molar-refractivity contribution in [1.82, 2.24) is 0 Å². The number of phosphoric ester groups is 1. The van der Waals surface area contributed by atoms with Gasteiger partial charge in [0.05, 0.1) is 0 Å². The standard InChI is InChI=1S/C10H9O4P.2Na.H2O/c11-15(12,13)14-10-7-3-5-8-4-1-2-6-9(8)10;;;/h1-7H,(H2,11,12,13);;;1H2/q;2*+1;/p-2. The first-order chi connectivity index (χ1) is 7.06. The average molecular weight is 286 g/mol. The molecular weight excluding hydrogens is 277 g/mol. The van der Waals surface area contributed by atoms with Crippen molar-refractivity contribution in [3.63, 3.8) is 0 Å². The molecule has 0 saturated heterocycles. The number of hydrogen-bond donors (Lipinski definition) is 0. The van der Waals surface area contributed by atoms with Gasteiger partial charge in [-0.15, -0.1) is 0 Å². The van der Waals surface area contributed by atoms with Gasteiger partial charge in [-0.25, -0.2) is 0 Å². The molecule has 0 aromatic heterocycles. The molecule has 0 radical (unpaired) electrons. The molecule has 0 spiro atoms. The molecule has 0 saturated carbocycles. The smallest absolute Gasteiger partial charge is 0.780 e. The van der Waals surface area contributed by atoms with Gasteiger partial charge in [0, 0.05) is 5.39 Å². The van der Waals surface area contributed by atoms with Gasteiger partial charge in [0.1, 0.15) is 13.6 Å².